The van der Waals surface area contributed by atoms with E-state index < -0.39 is 0 Å². The molecule has 0 fully saturated rings. The first-order chi connectivity index (χ1) is 8.90. The summed E-state index contributed by atoms with van der Waals surface area (Å²) in [7, 11) is 0. The molecular weight excluding hydrogens is 363 g/mol. The van der Waals surface area contributed by atoms with Crippen LogP contribution >= 0.6 is 24.0 Å². The molecule has 5 heteroatoms. The van der Waals surface area contributed by atoms with Crippen molar-refractivity contribution in [2.24, 2.45) is 4.99 Å². The molecular formula is C15H27IN4. The molecule has 1 aromatic rings. The maximum absolute atomic E-state index is 4.58. The van der Waals surface area contributed by atoms with Crippen LogP contribution in [-0.2, 0) is 6.42 Å². The fourth-order valence-corrected chi connectivity index (χ4v) is 1.61. The van der Waals surface area contributed by atoms with Crippen molar-refractivity contribution < 1.29 is 0 Å². The van der Waals surface area contributed by atoms with Crippen LogP contribution in [0.2, 0.25) is 0 Å². The Kier molecular flexibility index (Phi) is 8.76. The Morgan fingerprint density at radius 1 is 1.30 bits per heavy atom. The predicted octanol–water partition coefficient (Wildman–Crippen LogP) is 2.90. The molecule has 1 heterocycles. The Bertz CT molecular complexity index is 407. The van der Waals surface area contributed by atoms with Gasteiger partial charge in [-0.25, -0.2) is 0 Å². The Morgan fingerprint density at radius 3 is 2.50 bits per heavy atom. The van der Waals surface area contributed by atoms with Gasteiger partial charge in [0, 0.05) is 30.5 Å². The lowest BCUT2D eigenvalue weighted by molar-refractivity contribution is 0.501. The third kappa shape index (κ3) is 8.35. The van der Waals surface area contributed by atoms with Crippen LogP contribution in [-0.4, -0.2) is 29.6 Å². The number of guanidine groups is 1. The van der Waals surface area contributed by atoms with E-state index in [0.29, 0.717) is 0 Å². The average Bonchev–Trinajstić information content (AvgIpc) is 2.30. The van der Waals surface area contributed by atoms with E-state index in [0.717, 1.165) is 31.2 Å². The lowest BCUT2D eigenvalue weighted by atomic mass is 10.1. The predicted molar refractivity (Wildman–Crippen MR) is 97.0 cm³/mol. The fourth-order valence-electron chi connectivity index (χ4n) is 1.61. The monoisotopic (exact) mass is 390 g/mol. The van der Waals surface area contributed by atoms with Crippen molar-refractivity contribution in [2.75, 3.05) is 13.1 Å². The lowest BCUT2D eigenvalue weighted by Gasteiger charge is -2.23. The van der Waals surface area contributed by atoms with Crippen molar-refractivity contribution in [3.63, 3.8) is 0 Å². The van der Waals surface area contributed by atoms with E-state index in [1.54, 1.807) is 0 Å². The quantitative estimate of drug-likeness (QED) is 0.472. The molecule has 0 aliphatic rings. The summed E-state index contributed by atoms with van der Waals surface area (Å²) in [4.78, 5) is 8.88. The van der Waals surface area contributed by atoms with Gasteiger partial charge in [-0.05, 0) is 52.7 Å². The van der Waals surface area contributed by atoms with E-state index in [2.05, 4.69) is 54.4 Å². The molecule has 0 atom stereocenters. The Hall–Kier alpha value is -0.850. The molecule has 0 radical (unpaired) electrons. The zero-order chi connectivity index (χ0) is 14.3. The number of hydrogen-bond acceptors (Lipinski definition) is 2. The van der Waals surface area contributed by atoms with Crippen molar-refractivity contribution in [2.45, 2.75) is 46.6 Å². The van der Waals surface area contributed by atoms with E-state index in [9.17, 15) is 0 Å². The van der Waals surface area contributed by atoms with Gasteiger partial charge in [-0.1, -0.05) is 6.07 Å². The second-order valence-corrected chi connectivity index (χ2v) is 5.69. The van der Waals surface area contributed by atoms with Crippen molar-refractivity contribution in [1.82, 2.24) is 15.6 Å². The van der Waals surface area contributed by atoms with Crippen LogP contribution in [0.1, 0.15) is 39.0 Å². The van der Waals surface area contributed by atoms with Crippen molar-refractivity contribution >= 4 is 29.9 Å². The van der Waals surface area contributed by atoms with Gasteiger partial charge in [0.15, 0.2) is 5.96 Å². The number of nitrogens with one attached hydrogen (secondary N) is 2. The second-order valence-electron chi connectivity index (χ2n) is 5.69. The third-order valence-corrected chi connectivity index (χ3v) is 2.48. The summed E-state index contributed by atoms with van der Waals surface area (Å²) in [5.41, 5.74) is 2.29. The molecule has 0 spiro atoms. The second kappa shape index (κ2) is 9.15. The molecule has 0 bridgehead atoms. The first kappa shape index (κ1) is 19.1. The molecule has 0 aromatic carbocycles. The van der Waals surface area contributed by atoms with Gasteiger partial charge in [-0.3, -0.25) is 9.98 Å². The van der Waals surface area contributed by atoms with Crippen LogP contribution in [0.15, 0.2) is 23.3 Å². The molecule has 1 aromatic heterocycles. The lowest BCUT2D eigenvalue weighted by Crippen LogP contribution is -2.47. The van der Waals surface area contributed by atoms with E-state index in [1.807, 2.05) is 19.2 Å². The van der Waals surface area contributed by atoms with Gasteiger partial charge in [-0.15, -0.1) is 24.0 Å². The number of aromatic nitrogens is 1. The Balaban J connectivity index is 0.00000361. The van der Waals surface area contributed by atoms with Crippen molar-refractivity contribution in [3.8, 4) is 0 Å². The minimum Gasteiger partial charge on any atom is -0.357 e. The maximum Gasteiger partial charge on any atom is 0.191 e. The van der Waals surface area contributed by atoms with E-state index in [-0.39, 0.29) is 29.5 Å². The molecule has 0 saturated carbocycles. The van der Waals surface area contributed by atoms with Crippen molar-refractivity contribution in [1.29, 1.82) is 0 Å². The largest absolute Gasteiger partial charge is 0.357 e. The molecule has 1 rings (SSSR count). The Labute approximate surface area is 139 Å². The summed E-state index contributed by atoms with van der Waals surface area (Å²) in [6.45, 7) is 12.1. The molecule has 2 N–H and O–H groups in total. The average molecular weight is 390 g/mol. The standard InChI is InChI=1S/C15H26N4.HI/c1-6-16-14(19-15(3,4)5)17-10-9-13-8-7-12(2)18-11-13;/h7-8,11H,6,9-10H2,1-5H3,(H2,16,17,19);1H. The van der Waals surface area contributed by atoms with Gasteiger partial charge in [0.2, 0.25) is 0 Å². The highest BCUT2D eigenvalue weighted by molar-refractivity contribution is 14.0. The van der Waals surface area contributed by atoms with Gasteiger partial charge in [0.05, 0.1) is 0 Å². The third-order valence-electron chi connectivity index (χ3n) is 2.48. The van der Waals surface area contributed by atoms with Crippen LogP contribution in [0.3, 0.4) is 0 Å². The van der Waals surface area contributed by atoms with E-state index >= 15 is 0 Å². The first-order valence-corrected chi connectivity index (χ1v) is 6.89. The number of rotatable bonds is 4. The molecule has 0 aliphatic heterocycles. The summed E-state index contributed by atoms with van der Waals surface area (Å²) in [5, 5.41) is 6.63. The number of halogens is 1. The van der Waals surface area contributed by atoms with Gasteiger partial charge < -0.3 is 10.6 Å². The number of pyridine rings is 1. The smallest absolute Gasteiger partial charge is 0.191 e. The molecule has 0 unspecified atom stereocenters. The van der Waals surface area contributed by atoms with Crippen LogP contribution in [0.25, 0.3) is 0 Å². The molecule has 114 valence electrons. The topological polar surface area (TPSA) is 49.3 Å². The minimum absolute atomic E-state index is 0. The highest BCUT2D eigenvalue weighted by atomic mass is 127. The number of hydrogen-bond donors (Lipinski definition) is 2. The van der Waals surface area contributed by atoms with Crippen LogP contribution in [0, 0.1) is 6.92 Å². The molecule has 0 amide bonds. The summed E-state index contributed by atoms with van der Waals surface area (Å²) in [6, 6.07) is 4.15. The van der Waals surface area contributed by atoms with Crippen LogP contribution < -0.4 is 10.6 Å². The zero-order valence-corrected chi connectivity index (χ0v) is 15.5. The minimum atomic E-state index is 0. The molecule has 0 saturated heterocycles. The normalized spacial score (nSPS) is 11.8. The Morgan fingerprint density at radius 2 is 2.00 bits per heavy atom. The summed E-state index contributed by atoms with van der Waals surface area (Å²) in [6.07, 6.45) is 2.84. The molecule has 4 nitrogen and oxygen atoms in total. The van der Waals surface area contributed by atoms with E-state index in [1.165, 1.54) is 5.56 Å². The molecule has 20 heavy (non-hydrogen) atoms. The van der Waals surface area contributed by atoms with Gasteiger partial charge in [-0.2, -0.15) is 0 Å². The van der Waals surface area contributed by atoms with Gasteiger partial charge in [0.25, 0.3) is 0 Å². The SMILES string of the molecule is CCNC(=NCCc1ccc(C)nc1)NC(C)(C)C.I. The molecule has 0 aliphatic carbocycles. The summed E-state index contributed by atoms with van der Waals surface area (Å²) in [5.74, 6) is 0.870. The number of nitrogens with zero attached hydrogens (tertiary/aromatic N) is 2. The highest BCUT2D eigenvalue weighted by Gasteiger charge is 2.11. The van der Waals surface area contributed by atoms with Gasteiger partial charge >= 0.3 is 0 Å². The summed E-state index contributed by atoms with van der Waals surface area (Å²) < 4.78 is 0. The zero-order valence-electron chi connectivity index (χ0n) is 13.2. The van der Waals surface area contributed by atoms with Crippen molar-refractivity contribution in [3.05, 3.63) is 29.6 Å². The van der Waals surface area contributed by atoms with E-state index in [4.69, 9.17) is 0 Å². The van der Waals surface area contributed by atoms with Gasteiger partial charge in [0.1, 0.15) is 0 Å². The highest BCUT2D eigenvalue weighted by Crippen LogP contribution is 2.01. The fraction of sp³-hybridized carbons (Fsp3) is 0.600. The maximum atomic E-state index is 4.58. The van der Waals surface area contributed by atoms with Crippen LogP contribution in [0.5, 0.6) is 0 Å². The first-order valence-electron chi connectivity index (χ1n) is 6.89. The van der Waals surface area contributed by atoms with Crippen LogP contribution in [0.4, 0.5) is 0 Å². The number of aryl methyl sites for hydroxylation is 1. The summed E-state index contributed by atoms with van der Waals surface area (Å²) >= 11 is 0. The number of aliphatic imine (C=N–C) groups is 1.